The average Bonchev–Trinajstić information content (AvgIpc) is 3.12. The molecular formula is C26H36N4O4. The number of amides is 2. The lowest BCUT2D eigenvalue weighted by atomic mass is 9.78. The van der Waals surface area contributed by atoms with Crippen LogP contribution >= 0.6 is 0 Å². The zero-order valence-electron chi connectivity index (χ0n) is 20.2. The Kier molecular flexibility index (Phi) is 7.04. The van der Waals surface area contributed by atoms with E-state index < -0.39 is 11.5 Å². The van der Waals surface area contributed by atoms with Crippen molar-refractivity contribution in [3.05, 3.63) is 23.8 Å². The smallest absolute Gasteiger partial charge is 0.411 e. The van der Waals surface area contributed by atoms with Crippen molar-refractivity contribution in [2.24, 2.45) is 11.3 Å². The van der Waals surface area contributed by atoms with Gasteiger partial charge in [-0.15, -0.1) is 0 Å². The molecule has 2 saturated heterocycles. The number of aliphatic hydroxyl groups excluding tert-OH is 1. The Balaban J connectivity index is 1.53. The third-order valence-corrected chi connectivity index (χ3v) is 7.76. The summed E-state index contributed by atoms with van der Waals surface area (Å²) in [7, 11) is 0. The largest absolute Gasteiger partial charge is 0.465 e. The van der Waals surface area contributed by atoms with Crippen LogP contribution in [0.5, 0.6) is 0 Å². The fraction of sp³-hybridized carbons (Fsp3) is 0.654. The summed E-state index contributed by atoms with van der Waals surface area (Å²) in [5, 5.41) is 29.4. The first-order valence-corrected chi connectivity index (χ1v) is 12.5. The van der Waals surface area contributed by atoms with E-state index in [0.29, 0.717) is 24.3 Å². The van der Waals surface area contributed by atoms with Crippen LogP contribution in [-0.4, -0.2) is 65.4 Å². The molecular weight excluding hydrogens is 432 g/mol. The fourth-order valence-corrected chi connectivity index (χ4v) is 6.00. The Bertz CT molecular complexity index is 966. The van der Waals surface area contributed by atoms with Crippen LogP contribution in [0.1, 0.15) is 64.4 Å². The molecule has 34 heavy (non-hydrogen) atoms. The lowest BCUT2D eigenvalue weighted by Crippen LogP contribution is -2.50. The third-order valence-electron chi connectivity index (χ3n) is 7.76. The predicted octanol–water partition coefficient (Wildman–Crippen LogP) is 3.82. The van der Waals surface area contributed by atoms with Gasteiger partial charge in [-0.1, -0.05) is 13.8 Å². The van der Waals surface area contributed by atoms with Crippen LogP contribution in [0.2, 0.25) is 0 Å². The van der Waals surface area contributed by atoms with Gasteiger partial charge in [-0.05, 0) is 69.1 Å². The quantitative estimate of drug-likeness (QED) is 0.680. The molecule has 3 aliphatic rings. The van der Waals surface area contributed by atoms with E-state index in [0.717, 1.165) is 63.7 Å². The van der Waals surface area contributed by atoms with Crippen molar-refractivity contribution in [3.63, 3.8) is 0 Å². The van der Waals surface area contributed by atoms with Gasteiger partial charge in [0.05, 0.1) is 22.8 Å². The van der Waals surface area contributed by atoms with Crippen LogP contribution in [-0.2, 0) is 4.79 Å². The lowest BCUT2D eigenvalue weighted by molar-refractivity contribution is -0.139. The number of nitriles is 1. The minimum Gasteiger partial charge on any atom is -0.465 e. The molecule has 8 heteroatoms. The minimum atomic E-state index is -1.03. The SMILES string of the molecule is CC(C)CN(C(=O)O)c1ccc(N2CCCC3(CCN([C@H]4CC[C@H](O)CC4)C3=O)C2)c(C#N)c1. The van der Waals surface area contributed by atoms with Crippen molar-refractivity contribution in [1.29, 1.82) is 5.26 Å². The van der Waals surface area contributed by atoms with Gasteiger partial charge in [0.2, 0.25) is 5.91 Å². The summed E-state index contributed by atoms with van der Waals surface area (Å²) in [5.41, 5.74) is 1.28. The Morgan fingerprint density at radius 3 is 2.62 bits per heavy atom. The lowest BCUT2D eigenvalue weighted by Gasteiger charge is -2.41. The molecule has 2 N–H and O–H groups in total. The summed E-state index contributed by atoms with van der Waals surface area (Å²) in [6.45, 7) is 6.39. The average molecular weight is 469 g/mol. The van der Waals surface area contributed by atoms with E-state index in [4.69, 9.17) is 0 Å². The second-order valence-corrected chi connectivity index (χ2v) is 10.6. The molecule has 184 valence electrons. The summed E-state index contributed by atoms with van der Waals surface area (Å²) in [5.74, 6) is 0.384. The van der Waals surface area contributed by atoms with Crippen molar-refractivity contribution in [2.45, 2.75) is 70.9 Å². The van der Waals surface area contributed by atoms with Crippen molar-refractivity contribution in [1.82, 2.24) is 4.90 Å². The van der Waals surface area contributed by atoms with Crippen LogP contribution in [0.15, 0.2) is 18.2 Å². The number of piperidine rings is 1. The molecule has 1 atom stereocenters. The van der Waals surface area contributed by atoms with Gasteiger partial charge < -0.3 is 20.0 Å². The first-order chi connectivity index (χ1) is 16.2. The summed E-state index contributed by atoms with van der Waals surface area (Å²) in [6.07, 6.45) is 4.53. The summed E-state index contributed by atoms with van der Waals surface area (Å²) < 4.78 is 0. The van der Waals surface area contributed by atoms with Crippen LogP contribution in [0, 0.1) is 22.7 Å². The highest BCUT2D eigenvalue weighted by Gasteiger charge is 2.50. The summed E-state index contributed by atoms with van der Waals surface area (Å²) in [4.78, 5) is 30.9. The molecule has 2 amide bonds. The highest BCUT2D eigenvalue weighted by atomic mass is 16.4. The molecule has 1 aromatic rings. The first kappa shape index (κ1) is 24.3. The van der Waals surface area contributed by atoms with Crippen LogP contribution in [0.25, 0.3) is 0 Å². The second-order valence-electron chi connectivity index (χ2n) is 10.6. The van der Waals surface area contributed by atoms with E-state index in [1.807, 2.05) is 19.9 Å². The molecule has 0 radical (unpaired) electrons. The highest BCUT2D eigenvalue weighted by molar-refractivity contribution is 5.88. The van der Waals surface area contributed by atoms with Gasteiger partial charge in [-0.3, -0.25) is 9.69 Å². The van der Waals surface area contributed by atoms with E-state index >= 15 is 0 Å². The third kappa shape index (κ3) is 4.72. The van der Waals surface area contributed by atoms with Gasteiger partial charge >= 0.3 is 6.09 Å². The molecule has 2 heterocycles. The Hall–Kier alpha value is -2.79. The Morgan fingerprint density at radius 1 is 1.24 bits per heavy atom. The number of hydrogen-bond donors (Lipinski definition) is 2. The molecule has 1 aliphatic carbocycles. The number of carbonyl (C=O) groups excluding carboxylic acids is 1. The van der Waals surface area contributed by atoms with E-state index in [1.165, 1.54) is 4.90 Å². The second kappa shape index (κ2) is 9.83. The summed E-state index contributed by atoms with van der Waals surface area (Å²) >= 11 is 0. The summed E-state index contributed by atoms with van der Waals surface area (Å²) in [6, 6.07) is 7.74. The standard InChI is InChI=1S/C26H36N4O4/c1-18(2)16-30(25(33)34)21-6-9-23(19(14-21)15-27)28-12-3-10-26(17-28)11-13-29(24(26)32)20-4-7-22(31)8-5-20/h6,9,14,18,20,22,31H,3-5,7-8,10-13,16-17H2,1-2H3,(H,33,34)/t20-,22-,26?. The molecule has 1 spiro atoms. The van der Waals surface area contributed by atoms with Gasteiger partial charge in [0.1, 0.15) is 6.07 Å². The monoisotopic (exact) mass is 468 g/mol. The van der Waals surface area contributed by atoms with Gasteiger partial charge in [0.25, 0.3) is 0 Å². The van der Waals surface area contributed by atoms with Crippen molar-refractivity contribution < 1.29 is 19.8 Å². The molecule has 8 nitrogen and oxygen atoms in total. The Morgan fingerprint density at radius 2 is 1.97 bits per heavy atom. The minimum absolute atomic E-state index is 0.159. The number of anilines is 2. The molecule has 1 aromatic carbocycles. The van der Waals surface area contributed by atoms with Crippen LogP contribution < -0.4 is 9.80 Å². The first-order valence-electron chi connectivity index (χ1n) is 12.5. The normalized spacial score (nSPS) is 27.3. The molecule has 2 aliphatic heterocycles. The van der Waals surface area contributed by atoms with Gasteiger partial charge in [-0.2, -0.15) is 5.26 Å². The van der Waals surface area contributed by atoms with Gasteiger partial charge in [0.15, 0.2) is 0 Å². The van der Waals surface area contributed by atoms with Gasteiger partial charge in [0, 0.05) is 37.9 Å². The van der Waals surface area contributed by atoms with E-state index in [-0.39, 0.29) is 24.0 Å². The van der Waals surface area contributed by atoms with E-state index in [1.54, 1.807) is 12.1 Å². The maximum absolute atomic E-state index is 13.6. The van der Waals surface area contributed by atoms with Crippen molar-refractivity contribution in [3.8, 4) is 6.07 Å². The number of benzene rings is 1. The van der Waals surface area contributed by atoms with E-state index in [2.05, 4.69) is 15.9 Å². The predicted molar refractivity (Wildman–Crippen MR) is 130 cm³/mol. The molecule has 4 rings (SSSR count). The van der Waals surface area contributed by atoms with Crippen LogP contribution in [0.4, 0.5) is 16.2 Å². The van der Waals surface area contributed by atoms with Crippen molar-refractivity contribution in [2.75, 3.05) is 36.0 Å². The van der Waals surface area contributed by atoms with Crippen LogP contribution in [0.3, 0.4) is 0 Å². The topological polar surface area (TPSA) is 108 Å². The zero-order valence-corrected chi connectivity index (χ0v) is 20.2. The number of rotatable bonds is 5. The number of carboxylic acid groups (broad SMARTS) is 1. The number of nitrogens with zero attached hydrogens (tertiary/aromatic N) is 4. The number of carbonyl (C=O) groups is 2. The fourth-order valence-electron chi connectivity index (χ4n) is 6.00. The molecule has 0 bridgehead atoms. The highest BCUT2D eigenvalue weighted by Crippen LogP contribution is 2.44. The maximum Gasteiger partial charge on any atom is 0.411 e. The van der Waals surface area contributed by atoms with E-state index in [9.17, 15) is 25.1 Å². The molecule has 3 fully saturated rings. The maximum atomic E-state index is 13.6. The van der Waals surface area contributed by atoms with Gasteiger partial charge in [-0.25, -0.2) is 4.79 Å². The zero-order chi connectivity index (χ0) is 24.5. The number of likely N-dealkylation sites (tertiary alicyclic amines) is 1. The molecule has 0 aromatic heterocycles. The Labute approximate surface area is 201 Å². The molecule has 1 saturated carbocycles. The number of aliphatic hydroxyl groups is 1. The van der Waals surface area contributed by atoms with Crippen molar-refractivity contribution >= 4 is 23.4 Å². The molecule has 1 unspecified atom stereocenters. The number of hydrogen-bond acceptors (Lipinski definition) is 5.